The maximum absolute atomic E-state index is 12.4. The summed E-state index contributed by atoms with van der Waals surface area (Å²) < 4.78 is 5.05. The molecule has 18 heavy (non-hydrogen) atoms. The minimum Gasteiger partial charge on any atom is -0.399 e. The second-order valence-corrected chi connectivity index (χ2v) is 4.76. The van der Waals surface area contributed by atoms with E-state index in [4.69, 9.17) is 10.5 Å². The van der Waals surface area contributed by atoms with Crippen LogP contribution in [0.15, 0.2) is 24.3 Å². The Labute approximate surface area is 109 Å². The van der Waals surface area contributed by atoms with Gasteiger partial charge < -0.3 is 15.4 Å². The number of methoxy groups -OCH3 is 1. The fourth-order valence-electron chi connectivity index (χ4n) is 1.77. The van der Waals surface area contributed by atoms with Crippen LogP contribution in [0.1, 0.15) is 24.2 Å². The van der Waals surface area contributed by atoms with Crippen LogP contribution in [-0.4, -0.2) is 37.6 Å². The predicted molar refractivity (Wildman–Crippen MR) is 73.5 cm³/mol. The molecule has 0 saturated heterocycles. The Hall–Kier alpha value is -1.55. The van der Waals surface area contributed by atoms with Crippen LogP contribution < -0.4 is 5.73 Å². The lowest BCUT2D eigenvalue weighted by Gasteiger charge is -2.24. The van der Waals surface area contributed by atoms with Gasteiger partial charge in [-0.2, -0.15) is 0 Å². The van der Waals surface area contributed by atoms with E-state index in [1.165, 1.54) is 0 Å². The van der Waals surface area contributed by atoms with Crippen LogP contribution in [0, 0.1) is 5.92 Å². The first-order valence-corrected chi connectivity index (χ1v) is 6.18. The van der Waals surface area contributed by atoms with E-state index in [1.807, 2.05) is 4.90 Å². The van der Waals surface area contributed by atoms with Crippen molar-refractivity contribution < 1.29 is 9.53 Å². The molecular weight excluding hydrogens is 228 g/mol. The van der Waals surface area contributed by atoms with Crippen LogP contribution in [0.2, 0.25) is 0 Å². The normalized spacial score (nSPS) is 10.7. The van der Waals surface area contributed by atoms with Gasteiger partial charge in [-0.15, -0.1) is 0 Å². The van der Waals surface area contributed by atoms with Crippen molar-refractivity contribution >= 4 is 11.6 Å². The minimum absolute atomic E-state index is 0.00745. The first kappa shape index (κ1) is 14.5. The van der Waals surface area contributed by atoms with Crippen LogP contribution in [0.3, 0.4) is 0 Å². The van der Waals surface area contributed by atoms with Gasteiger partial charge in [-0.25, -0.2) is 0 Å². The lowest BCUT2D eigenvalue weighted by Crippen LogP contribution is -2.36. The zero-order valence-electron chi connectivity index (χ0n) is 11.3. The van der Waals surface area contributed by atoms with Crippen LogP contribution in [0.25, 0.3) is 0 Å². The zero-order valence-corrected chi connectivity index (χ0v) is 11.3. The van der Waals surface area contributed by atoms with Gasteiger partial charge in [0, 0.05) is 31.5 Å². The summed E-state index contributed by atoms with van der Waals surface area (Å²) in [6.45, 7) is 6.04. The van der Waals surface area contributed by atoms with Crippen molar-refractivity contribution in [3.63, 3.8) is 0 Å². The molecule has 0 heterocycles. The minimum atomic E-state index is 0.00745. The summed E-state index contributed by atoms with van der Waals surface area (Å²) >= 11 is 0. The number of carbonyl (C=O) groups excluding carboxylic acids is 1. The molecule has 1 aromatic rings. The van der Waals surface area contributed by atoms with Gasteiger partial charge in [0.1, 0.15) is 0 Å². The maximum Gasteiger partial charge on any atom is 0.254 e. The number of hydrogen-bond acceptors (Lipinski definition) is 3. The first-order chi connectivity index (χ1) is 8.54. The highest BCUT2D eigenvalue weighted by atomic mass is 16.5. The van der Waals surface area contributed by atoms with Crippen molar-refractivity contribution in [2.45, 2.75) is 13.8 Å². The molecule has 1 aromatic carbocycles. The summed E-state index contributed by atoms with van der Waals surface area (Å²) in [5.41, 5.74) is 6.94. The summed E-state index contributed by atoms with van der Waals surface area (Å²) in [6, 6.07) is 7.08. The van der Waals surface area contributed by atoms with Gasteiger partial charge in [0.25, 0.3) is 5.91 Å². The van der Waals surface area contributed by atoms with Gasteiger partial charge >= 0.3 is 0 Å². The van der Waals surface area contributed by atoms with Crippen molar-refractivity contribution in [2.75, 3.05) is 32.5 Å². The molecule has 1 rings (SSSR count). The molecule has 0 bridgehead atoms. The molecule has 100 valence electrons. The topological polar surface area (TPSA) is 55.6 Å². The Balaban J connectivity index is 2.80. The highest BCUT2D eigenvalue weighted by Crippen LogP contribution is 2.11. The standard InChI is InChI=1S/C14H22N2O2/c1-11(2)10-16(7-8-18-3)14(17)12-5-4-6-13(15)9-12/h4-6,9,11H,7-8,10,15H2,1-3H3. The fraction of sp³-hybridized carbons (Fsp3) is 0.500. The largest absolute Gasteiger partial charge is 0.399 e. The van der Waals surface area contributed by atoms with Crippen molar-refractivity contribution in [2.24, 2.45) is 5.92 Å². The number of nitrogens with two attached hydrogens (primary N) is 1. The van der Waals surface area contributed by atoms with E-state index in [1.54, 1.807) is 31.4 Å². The quantitative estimate of drug-likeness (QED) is 0.786. The molecule has 0 fully saturated rings. The van der Waals surface area contributed by atoms with Crippen molar-refractivity contribution in [3.8, 4) is 0 Å². The van der Waals surface area contributed by atoms with Gasteiger partial charge in [0.2, 0.25) is 0 Å². The van der Waals surface area contributed by atoms with E-state index >= 15 is 0 Å². The molecule has 0 aliphatic heterocycles. The molecular formula is C14H22N2O2. The molecule has 0 spiro atoms. The Bertz CT molecular complexity index is 391. The summed E-state index contributed by atoms with van der Waals surface area (Å²) in [5, 5.41) is 0. The van der Waals surface area contributed by atoms with E-state index in [-0.39, 0.29) is 5.91 Å². The molecule has 0 atom stereocenters. The summed E-state index contributed by atoms with van der Waals surface area (Å²) in [5.74, 6) is 0.430. The van der Waals surface area contributed by atoms with Gasteiger partial charge in [-0.3, -0.25) is 4.79 Å². The van der Waals surface area contributed by atoms with E-state index in [0.717, 1.165) is 6.54 Å². The van der Waals surface area contributed by atoms with Crippen molar-refractivity contribution in [1.82, 2.24) is 4.90 Å². The molecule has 0 saturated carbocycles. The lowest BCUT2D eigenvalue weighted by molar-refractivity contribution is 0.0672. The second kappa shape index (κ2) is 7.01. The monoisotopic (exact) mass is 250 g/mol. The number of rotatable bonds is 6. The highest BCUT2D eigenvalue weighted by Gasteiger charge is 2.16. The van der Waals surface area contributed by atoms with Crippen LogP contribution in [0.5, 0.6) is 0 Å². The van der Waals surface area contributed by atoms with Gasteiger partial charge in [-0.05, 0) is 24.1 Å². The third-order valence-electron chi connectivity index (χ3n) is 2.57. The summed E-state index contributed by atoms with van der Waals surface area (Å²) in [4.78, 5) is 14.2. The number of amides is 1. The average molecular weight is 250 g/mol. The molecule has 4 nitrogen and oxygen atoms in total. The van der Waals surface area contributed by atoms with Gasteiger partial charge in [0.05, 0.1) is 6.61 Å². The average Bonchev–Trinajstić information content (AvgIpc) is 2.33. The number of ether oxygens (including phenoxy) is 1. The molecule has 0 aromatic heterocycles. The van der Waals surface area contributed by atoms with Crippen LogP contribution in [-0.2, 0) is 4.74 Å². The highest BCUT2D eigenvalue weighted by molar-refractivity contribution is 5.95. The Kier molecular flexibility index (Phi) is 5.65. The molecule has 2 N–H and O–H groups in total. The van der Waals surface area contributed by atoms with E-state index in [9.17, 15) is 4.79 Å². The molecule has 0 aliphatic carbocycles. The zero-order chi connectivity index (χ0) is 13.5. The Morgan fingerprint density at radius 3 is 2.72 bits per heavy atom. The smallest absolute Gasteiger partial charge is 0.254 e. The summed E-state index contributed by atoms with van der Waals surface area (Å²) in [7, 11) is 1.64. The number of benzene rings is 1. The SMILES string of the molecule is COCCN(CC(C)C)C(=O)c1cccc(N)c1. The van der Waals surface area contributed by atoms with Crippen LogP contribution in [0.4, 0.5) is 5.69 Å². The maximum atomic E-state index is 12.4. The second-order valence-electron chi connectivity index (χ2n) is 4.76. The van der Waals surface area contributed by atoms with Gasteiger partial charge in [-0.1, -0.05) is 19.9 Å². The number of anilines is 1. The fourth-order valence-corrected chi connectivity index (χ4v) is 1.77. The van der Waals surface area contributed by atoms with Gasteiger partial charge in [0.15, 0.2) is 0 Å². The third kappa shape index (κ3) is 4.37. The Morgan fingerprint density at radius 1 is 1.44 bits per heavy atom. The van der Waals surface area contributed by atoms with Crippen molar-refractivity contribution in [1.29, 1.82) is 0 Å². The Morgan fingerprint density at radius 2 is 2.17 bits per heavy atom. The predicted octanol–water partition coefficient (Wildman–Crippen LogP) is 2.01. The summed E-state index contributed by atoms with van der Waals surface area (Å²) in [6.07, 6.45) is 0. The number of nitrogen functional groups attached to an aromatic ring is 1. The number of carbonyl (C=O) groups is 1. The van der Waals surface area contributed by atoms with Crippen molar-refractivity contribution in [3.05, 3.63) is 29.8 Å². The first-order valence-electron chi connectivity index (χ1n) is 6.18. The molecule has 0 unspecified atom stereocenters. The molecule has 0 aliphatic rings. The molecule has 1 amide bonds. The molecule has 0 radical (unpaired) electrons. The number of hydrogen-bond donors (Lipinski definition) is 1. The van der Waals surface area contributed by atoms with E-state index in [0.29, 0.717) is 30.3 Å². The van der Waals surface area contributed by atoms with Crippen LogP contribution >= 0.6 is 0 Å². The van der Waals surface area contributed by atoms with E-state index in [2.05, 4.69) is 13.8 Å². The third-order valence-corrected chi connectivity index (χ3v) is 2.57. The lowest BCUT2D eigenvalue weighted by atomic mass is 10.1. The molecule has 4 heteroatoms. The number of nitrogens with zero attached hydrogens (tertiary/aromatic N) is 1. The van der Waals surface area contributed by atoms with E-state index < -0.39 is 0 Å².